The maximum atomic E-state index is 12.4. The number of hydrogen-bond acceptors (Lipinski definition) is 6. The van der Waals surface area contributed by atoms with E-state index in [1.165, 1.54) is 31.5 Å². The third kappa shape index (κ3) is 5.07. The number of aliphatic imine (C=N–C) groups is 1. The van der Waals surface area contributed by atoms with Crippen molar-refractivity contribution in [3.8, 4) is 0 Å². The molecule has 0 spiro atoms. The first-order valence-corrected chi connectivity index (χ1v) is 11.5. The zero-order valence-corrected chi connectivity index (χ0v) is 18.7. The van der Waals surface area contributed by atoms with Gasteiger partial charge in [0.1, 0.15) is 17.7 Å². The van der Waals surface area contributed by atoms with Crippen LogP contribution in [0.5, 0.6) is 0 Å². The fourth-order valence-corrected chi connectivity index (χ4v) is 4.50. The number of nitrogens with one attached hydrogen (secondary N) is 3. The van der Waals surface area contributed by atoms with Gasteiger partial charge in [-0.3, -0.25) is 20.4 Å². The summed E-state index contributed by atoms with van der Waals surface area (Å²) in [4.78, 5) is 23.6. The van der Waals surface area contributed by atoms with E-state index in [0.717, 1.165) is 37.3 Å². The lowest BCUT2D eigenvalue weighted by Crippen LogP contribution is -2.67. The Balaban J connectivity index is 1.47. The molecule has 1 aromatic carbocycles. The molecule has 0 saturated carbocycles. The van der Waals surface area contributed by atoms with Gasteiger partial charge in [0, 0.05) is 20.1 Å². The summed E-state index contributed by atoms with van der Waals surface area (Å²) in [7, 11) is 1.86. The molecule has 0 aliphatic carbocycles. The number of unbranched alkanes of at least 4 members (excludes halogenated alkanes) is 1. The number of carbonyl (C=O) groups is 1. The topological polar surface area (TPSA) is 87.1 Å². The van der Waals surface area contributed by atoms with Crippen LogP contribution in [-0.2, 0) is 17.9 Å². The zero-order chi connectivity index (χ0) is 21.8. The number of amidine groups is 2. The van der Waals surface area contributed by atoms with Crippen molar-refractivity contribution in [2.24, 2.45) is 4.99 Å². The van der Waals surface area contributed by atoms with Crippen LogP contribution in [0.1, 0.15) is 43.7 Å². The van der Waals surface area contributed by atoms with Crippen molar-refractivity contribution in [2.45, 2.75) is 58.0 Å². The van der Waals surface area contributed by atoms with E-state index in [4.69, 9.17) is 10.4 Å². The molecule has 0 aromatic heterocycles. The van der Waals surface area contributed by atoms with Crippen molar-refractivity contribution >= 4 is 17.6 Å². The second kappa shape index (κ2) is 9.78. The van der Waals surface area contributed by atoms with Crippen LogP contribution in [-0.4, -0.2) is 77.8 Å². The molecule has 3 heterocycles. The first-order valence-electron chi connectivity index (χ1n) is 11.5. The molecule has 3 aliphatic rings. The molecule has 4 rings (SSSR count). The van der Waals surface area contributed by atoms with Gasteiger partial charge in [-0.25, -0.2) is 4.99 Å². The average molecular weight is 426 g/mol. The Morgan fingerprint density at radius 2 is 1.84 bits per heavy atom. The minimum atomic E-state index is -0.482. The van der Waals surface area contributed by atoms with Gasteiger partial charge in [0.25, 0.3) is 0 Å². The zero-order valence-electron chi connectivity index (χ0n) is 18.7. The molecule has 8 nitrogen and oxygen atoms in total. The molecule has 0 radical (unpaired) electrons. The Morgan fingerprint density at radius 3 is 2.52 bits per heavy atom. The largest absolute Gasteiger partial charge is 0.344 e. The maximum absolute atomic E-state index is 12.4. The lowest BCUT2D eigenvalue weighted by atomic mass is 10.1. The number of carbonyl (C=O) groups excluding carboxylic acids is 1. The Morgan fingerprint density at radius 1 is 1.16 bits per heavy atom. The van der Waals surface area contributed by atoms with Gasteiger partial charge in [-0.2, -0.15) is 0 Å². The van der Waals surface area contributed by atoms with Gasteiger partial charge >= 0.3 is 0 Å². The monoisotopic (exact) mass is 425 g/mol. The fourth-order valence-electron chi connectivity index (χ4n) is 4.50. The number of rotatable bonds is 8. The van der Waals surface area contributed by atoms with Crippen LogP contribution < -0.4 is 10.6 Å². The molecule has 2 atom stereocenters. The van der Waals surface area contributed by atoms with Crippen LogP contribution in [0.2, 0.25) is 0 Å². The van der Waals surface area contributed by atoms with Gasteiger partial charge in [-0.1, -0.05) is 37.6 Å². The molecule has 0 bridgehead atoms. The predicted octanol–water partition coefficient (Wildman–Crippen LogP) is 1.58. The molecule has 2 fully saturated rings. The molecule has 1 amide bonds. The van der Waals surface area contributed by atoms with Crippen LogP contribution in [0.15, 0.2) is 29.3 Å². The Bertz CT molecular complexity index is 816. The minimum Gasteiger partial charge on any atom is -0.344 e. The Labute approximate surface area is 185 Å². The summed E-state index contributed by atoms with van der Waals surface area (Å²) >= 11 is 0. The summed E-state index contributed by atoms with van der Waals surface area (Å²) < 4.78 is 0. The SMILES string of the molecule is CCCCNC1N=C2C(NC(=O)CN2Cc2ccc(CN3CCCC3)cc2)C(=N)N1C. The highest BCUT2D eigenvalue weighted by molar-refractivity contribution is 6.14. The number of nitrogens with zero attached hydrogens (tertiary/aromatic N) is 4. The number of hydrogen-bond donors (Lipinski definition) is 3. The molecule has 2 saturated heterocycles. The van der Waals surface area contributed by atoms with Gasteiger partial charge in [0.2, 0.25) is 5.91 Å². The lowest BCUT2D eigenvalue weighted by molar-refractivity contribution is -0.122. The highest BCUT2D eigenvalue weighted by Crippen LogP contribution is 2.19. The van der Waals surface area contributed by atoms with Crippen molar-refractivity contribution < 1.29 is 4.79 Å². The van der Waals surface area contributed by atoms with Crippen LogP contribution >= 0.6 is 0 Å². The Hall–Kier alpha value is -2.45. The van der Waals surface area contributed by atoms with E-state index in [2.05, 4.69) is 46.7 Å². The van der Waals surface area contributed by atoms with Crippen LogP contribution in [0.3, 0.4) is 0 Å². The minimum absolute atomic E-state index is 0.0647. The number of likely N-dealkylation sites (tertiary alicyclic amines) is 1. The van der Waals surface area contributed by atoms with Crippen LogP contribution in [0, 0.1) is 5.41 Å². The summed E-state index contributed by atoms with van der Waals surface area (Å²) in [6, 6.07) is 8.23. The smallest absolute Gasteiger partial charge is 0.240 e. The molecular weight excluding hydrogens is 390 g/mol. The molecule has 8 heteroatoms. The number of likely N-dealkylation sites (N-methyl/N-ethyl adjacent to an activating group) is 1. The van der Waals surface area contributed by atoms with E-state index in [1.807, 2.05) is 11.9 Å². The summed E-state index contributed by atoms with van der Waals surface area (Å²) in [6.07, 6.45) is 4.51. The van der Waals surface area contributed by atoms with E-state index in [-0.39, 0.29) is 18.7 Å². The molecule has 2 unspecified atom stereocenters. The summed E-state index contributed by atoms with van der Waals surface area (Å²) in [6.45, 7) is 7.29. The van der Waals surface area contributed by atoms with E-state index >= 15 is 0 Å². The maximum Gasteiger partial charge on any atom is 0.240 e. The highest BCUT2D eigenvalue weighted by atomic mass is 16.2. The van der Waals surface area contributed by atoms with Crippen molar-refractivity contribution in [1.82, 2.24) is 25.3 Å². The van der Waals surface area contributed by atoms with Crippen LogP contribution in [0.4, 0.5) is 0 Å². The molecule has 31 heavy (non-hydrogen) atoms. The van der Waals surface area contributed by atoms with Crippen molar-refractivity contribution in [1.29, 1.82) is 5.41 Å². The number of amides is 1. The molecular formula is C23H35N7O. The summed E-state index contributed by atoms with van der Waals surface area (Å²) in [5.74, 6) is 1.08. The summed E-state index contributed by atoms with van der Waals surface area (Å²) in [5.41, 5.74) is 2.49. The van der Waals surface area contributed by atoms with Crippen molar-refractivity contribution in [2.75, 3.05) is 33.2 Å². The van der Waals surface area contributed by atoms with Gasteiger partial charge in [-0.15, -0.1) is 0 Å². The normalized spacial score (nSPS) is 24.3. The van der Waals surface area contributed by atoms with Gasteiger partial charge in [0.15, 0.2) is 6.29 Å². The Kier molecular flexibility index (Phi) is 6.87. The number of fused-ring (bicyclic) bond motifs is 1. The third-order valence-corrected chi connectivity index (χ3v) is 6.36. The standard InChI is InChI=1S/C23H35N7O/c1-3-4-11-25-23-27-22-20(21(24)28(23)2)26-19(31)16-30(22)15-18-9-7-17(8-10-18)14-29-12-5-6-13-29/h7-10,20,23-25H,3-6,11-16H2,1-2H3,(H,26,31). The van der Waals surface area contributed by atoms with Gasteiger partial charge in [-0.05, 0) is 50.0 Å². The molecule has 3 N–H and O–H groups in total. The second-order valence-corrected chi connectivity index (χ2v) is 8.82. The number of benzene rings is 1. The molecule has 3 aliphatic heterocycles. The first kappa shape index (κ1) is 21.8. The van der Waals surface area contributed by atoms with Crippen molar-refractivity contribution in [3.63, 3.8) is 0 Å². The summed E-state index contributed by atoms with van der Waals surface area (Å²) in [5, 5.41) is 15.0. The second-order valence-electron chi connectivity index (χ2n) is 8.82. The fraction of sp³-hybridized carbons (Fsp3) is 0.609. The molecule has 1 aromatic rings. The van der Waals surface area contributed by atoms with E-state index in [0.29, 0.717) is 12.4 Å². The van der Waals surface area contributed by atoms with Gasteiger partial charge in [0.05, 0.1) is 6.54 Å². The lowest BCUT2D eigenvalue weighted by Gasteiger charge is -2.44. The third-order valence-electron chi connectivity index (χ3n) is 6.36. The van der Waals surface area contributed by atoms with E-state index < -0.39 is 6.04 Å². The molecule has 168 valence electrons. The quantitative estimate of drug-likeness (QED) is 0.551. The highest BCUT2D eigenvalue weighted by Gasteiger charge is 2.40. The van der Waals surface area contributed by atoms with Gasteiger partial charge < -0.3 is 15.1 Å². The van der Waals surface area contributed by atoms with E-state index in [1.54, 1.807) is 4.90 Å². The average Bonchev–Trinajstić information content (AvgIpc) is 3.27. The first-order chi connectivity index (χ1) is 15.0. The predicted molar refractivity (Wildman–Crippen MR) is 123 cm³/mol. The van der Waals surface area contributed by atoms with Crippen molar-refractivity contribution in [3.05, 3.63) is 35.4 Å². The van der Waals surface area contributed by atoms with Crippen LogP contribution in [0.25, 0.3) is 0 Å². The van der Waals surface area contributed by atoms with E-state index in [9.17, 15) is 4.79 Å². The number of piperazine rings is 1.